The molecule has 1 unspecified atom stereocenters. The van der Waals surface area contributed by atoms with Crippen LogP contribution in [0.3, 0.4) is 0 Å². The molecule has 1 aromatic rings. The zero-order chi connectivity index (χ0) is 22.5. The Morgan fingerprint density at radius 2 is 2.00 bits per heavy atom. The lowest BCUT2D eigenvalue weighted by Crippen LogP contribution is -2.47. The van der Waals surface area contributed by atoms with Crippen LogP contribution in [0.2, 0.25) is 0 Å². The molecule has 1 heterocycles. The molecule has 1 aliphatic heterocycles. The minimum Gasteiger partial charge on any atom is -0.385 e. The van der Waals surface area contributed by atoms with Gasteiger partial charge in [-0.3, -0.25) is 4.79 Å². The summed E-state index contributed by atoms with van der Waals surface area (Å²) in [6, 6.07) is 7.91. The number of nitrogens with one attached hydrogen (secondary N) is 2. The first-order valence-electron chi connectivity index (χ1n) is 11.6. The summed E-state index contributed by atoms with van der Waals surface area (Å²) in [4.78, 5) is 19.6. The highest BCUT2D eigenvalue weighted by Crippen LogP contribution is 2.15. The number of benzene rings is 1. The number of rotatable bonds is 11. The third-order valence-electron chi connectivity index (χ3n) is 5.51. The molecule has 8 heteroatoms. The number of hydrogen-bond acceptors (Lipinski definition) is 4. The van der Waals surface area contributed by atoms with Crippen molar-refractivity contribution in [2.75, 3.05) is 40.0 Å². The Kier molecular flexibility index (Phi) is 14.6. The fraction of sp³-hybridized carbons (Fsp3) is 0.667. The quantitative estimate of drug-likeness (QED) is 0.186. The summed E-state index contributed by atoms with van der Waals surface area (Å²) in [7, 11) is 1.72. The van der Waals surface area contributed by atoms with Crippen LogP contribution in [0.15, 0.2) is 29.3 Å². The number of aliphatic imine (C=N–C) groups is 1. The maximum Gasteiger partial charge on any atom is 0.251 e. The van der Waals surface area contributed by atoms with Crippen LogP contribution in [-0.2, 0) is 16.0 Å². The van der Waals surface area contributed by atoms with E-state index in [1.807, 2.05) is 31.2 Å². The van der Waals surface area contributed by atoms with Gasteiger partial charge < -0.3 is 25.0 Å². The number of guanidine groups is 1. The number of hydrogen-bond donors (Lipinski definition) is 2. The van der Waals surface area contributed by atoms with E-state index in [1.54, 1.807) is 7.11 Å². The number of carbonyl (C=O) groups is 1. The fourth-order valence-electron chi connectivity index (χ4n) is 3.50. The van der Waals surface area contributed by atoms with Crippen LogP contribution in [0.5, 0.6) is 0 Å². The number of nitrogens with zero attached hydrogens (tertiary/aromatic N) is 2. The third-order valence-corrected chi connectivity index (χ3v) is 5.51. The van der Waals surface area contributed by atoms with E-state index in [2.05, 4.69) is 29.4 Å². The number of amides is 1. The number of halogens is 1. The predicted molar refractivity (Wildman–Crippen MR) is 141 cm³/mol. The minimum absolute atomic E-state index is 0. The van der Waals surface area contributed by atoms with Crippen LogP contribution >= 0.6 is 24.0 Å². The Balaban J connectivity index is 0.00000512. The van der Waals surface area contributed by atoms with Crippen molar-refractivity contribution in [2.24, 2.45) is 4.99 Å². The molecule has 2 rings (SSSR count). The Hall–Kier alpha value is -1.39. The second-order valence-electron chi connectivity index (χ2n) is 8.06. The van der Waals surface area contributed by atoms with E-state index < -0.39 is 0 Å². The van der Waals surface area contributed by atoms with Gasteiger partial charge in [0.05, 0.1) is 12.6 Å². The first kappa shape index (κ1) is 28.6. The molecular weight excluding hydrogens is 519 g/mol. The van der Waals surface area contributed by atoms with Crippen molar-refractivity contribution in [1.82, 2.24) is 15.5 Å². The van der Waals surface area contributed by atoms with Gasteiger partial charge in [0, 0.05) is 51.6 Å². The average Bonchev–Trinajstić information content (AvgIpc) is 2.80. The summed E-state index contributed by atoms with van der Waals surface area (Å²) in [6.07, 6.45) is 4.17. The van der Waals surface area contributed by atoms with Crippen molar-refractivity contribution in [3.63, 3.8) is 0 Å². The predicted octanol–water partition coefficient (Wildman–Crippen LogP) is 3.82. The number of piperidine rings is 1. The summed E-state index contributed by atoms with van der Waals surface area (Å²) in [5.41, 5.74) is 1.72. The summed E-state index contributed by atoms with van der Waals surface area (Å²) in [5, 5.41) is 6.43. The topological polar surface area (TPSA) is 75.2 Å². The van der Waals surface area contributed by atoms with Crippen molar-refractivity contribution in [1.29, 1.82) is 0 Å². The molecule has 1 fully saturated rings. The van der Waals surface area contributed by atoms with E-state index in [0.717, 1.165) is 70.1 Å². The van der Waals surface area contributed by atoms with Crippen LogP contribution in [0.4, 0.5) is 0 Å². The second-order valence-corrected chi connectivity index (χ2v) is 8.06. The highest BCUT2D eigenvalue weighted by molar-refractivity contribution is 14.0. The lowest BCUT2D eigenvalue weighted by molar-refractivity contribution is 0.00990. The van der Waals surface area contributed by atoms with E-state index in [1.165, 1.54) is 0 Å². The smallest absolute Gasteiger partial charge is 0.251 e. The molecule has 32 heavy (non-hydrogen) atoms. The summed E-state index contributed by atoms with van der Waals surface area (Å²) in [5.74, 6) is 0.898. The fourth-order valence-corrected chi connectivity index (χ4v) is 3.50. The van der Waals surface area contributed by atoms with E-state index in [4.69, 9.17) is 14.5 Å². The molecule has 1 amide bonds. The lowest BCUT2D eigenvalue weighted by Gasteiger charge is -2.34. The normalized spacial score (nSPS) is 15.8. The monoisotopic (exact) mass is 560 g/mol. The summed E-state index contributed by atoms with van der Waals surface area (Å²) >= 11 is 0. The number of carbonyl (C=O) groups excluding carboxylic acids is 1. The Labute approximate surface area is 210 Å². The maximum atomic E-state index is 12.4. The first-order valence-corrected chi connectivity index (χ1v) is 11.6. The van der Waals surface area contributed by atoms with Gasteiger partial charge in [-0.15, -0.1) is 24.0 Å². The van der Waals surface area contributed by atoms with Gasteiger partial charge in [-0.25, -0.2) is 4.99 Å². The number of ether oxygens (including phenoxy) is 2. The molecule has 0 spiro atoms. The van der Waals surface area contributed by atoms with Crippen LogP contribution < -0.4 is 10.6 Å². The first-order chi connectivity index (χ1) is 15.1. The molecular formula is C24H41IN4O3. The molecule has 2 N–H and O–H groups in total. The van der Waals surface area contributed by atoms with Crippen molar-refractivity contribution in [3.05, 3.63) is 35.4 Å². The number of methoxy groups -OCH3 is 1. The summed E-state index contributed by atoms with van der Waals surface area (Å²) in [6.45, 7) is 10.9. The zero-order valence-corrected chi connectivity index (χ0v) is 22.4. The van der Waals surface area contributed by atoms with Crippen molar-refractivity contribution >= 4 is 35.8 Å². The van der Waals surface area contributed by atoms with Crippen LogP contribution in [-0.4, -0.2) is 68.9 Å². The van der Waals surface area contributed by atoms with Gasteiger partial charge in [0.25, 0.3) is 5.91 Å². The molecule has 1 atom stereocenters. The van der Waals surface area contributed by atoms with Gasteiger partial charge in [0.2, 0.25) is 0 Å². The minimum atomic E-state index is -0.0281. The second kappa shape index (κ2) is 16.3. The largest absolute Gasteiger partial charge is 0.385 e. The van der Waals surface area contributed by atoms with Crippen LogP contribution in [0.1, 0.15) is 62.4 Å². The van der Waals surface area contributed by atoms with Crippen LogP contribution in [0.25, 0.3) is 0 Å². The highest BCUT2D eigenvalue weighted by atomic mass is 127. The molecule has 0 bridgehead atoms. The molecule has 1 aliphatic rings. The standard InChI is InChI=1S/C24H40N4O3.HI/c1-5-19(3)27-23(29)21-10-7-9-20(17-21)18-26-24(25-6-2)28-13-11-22(12-14-28)31-16-8-15-30-4;/h7,9-10,17,19,22H,5-6,8,11-16,18H2,1-4H3,(H,25,26)(H,27,29);1H. The molecule has 7 nitrogen and oxygen atoms in total. The zero-order valence-electron chi connectivity index (χ0n) is 20.1. The van der Waals surface area contributed by atoms with E-state index in [-0.39, 0.29) is 35.9 Å². The Bertz CT molecular complexity index is 694. The molecule has 0 aliphatic carbocycles. The molecule has 0 radical (unpaired) electrons. The molecule has 0 aromatic heterocycles. The van der Waals surface area contributed by atoms with Crippen molar-refractivity contribution in [2.45, 2.75) is 65.1 Å². The van der Waals surface area contributed by atoms with E-state index >= 15 is 0 Å². The SMILES string of the molecule is CCNC(=NCc1cccc(C(=O)NC(C)CC)c1)N1CCC(OCCCOC)CC1.I. The van der Waals surface area contributed by atoms with Crippen molar-refractivity contribution < 1.29 is 14.3 Å². The van der Waals surface area contributed by atoms with Gasteiger partial charge in [-0.2, -0.15) is 0 Å². The highest BCUT2D eigenvalue weighted by Gasteiger charge is 2.21. The van der Waals surface area contributed by atoms with Gasteiger partial charge in [0.15, 0.2) is 5.96 Å². The van der Waals surface area contributed by atoms with Gasteiger partial charge in [-0.1, -0.05) is 19.1 Å². The molecule has 0 saturated carbocycles. The molecule has 1 aromatic carbocycles. The van der Waals surface area contributed by atoms with Gasteiger partial charge in [-0.05, 0) is 57.2 Å². The van der Waals surface area contributed by atoms with Gasteiger partial charge in [0.1, 0.15) is 0 Å². The van der Waals surface area contributed by atoms with E-state index in [0.29, 0.717) is 18.2 Å². The lowest BCUT2D eigenvalue weighted by atomic mass is 10.1. The number of likely N-dealkylation sites (tertiary alicyclic amines) is 1. The Morgan fingerprint density at radius 3 is 2.66 bits per heavy atom. The van der Waals surface area contributed by atoms with E-state index in [9.17, 15) is 4.79 Å². The maximum absolute atomic E-state index is 12.4. The Morgan fingerprint density at radius 1 is 1.25 bits per heavy atom. The average molecular weight is 561 g/mol. The summed E-state index contributed by atoms with van der Waals surface area (Å²) < 4.78 is 11.0. The third kappa shape index (κ3) is 10.0. The molecule has 1 saturated heterocycles. The molecule has 182 valence electrons. The van der Waals surface area contributed by atoms with Crippen LogP contribution in [0, 0.1) is 0 Å². The van der Waals surface area contributed by atoms with Gasteiger partial charge >= 0.3 is 0 Å². The van der Waals surface area contributed by atoms with Crippen molar-refractivity contribution in [3.8, 4) is 0 Å².